The Morgan fingerprint density at radius 2 is 1.90 bits per heavy atom. The Morgan fingerprint density at radius 3 is 2.61 bits per heavy atom. The molecule has 0 saturated carbocycles. The normalized spacial score (nSPS) is 15.9. The number of pyridine rings is 1. The minimum atomic E-state index is -0.332. The summed E-state index contributed by atoms with van der Waals surface area (Å²) in [5.74, 6) is 0.0936. The Bertz CT molecular complexity index is 1110. The van der Waals surface area contributed by atoms with Gasteiger partial charge in [-0.15, -0.1) is 0 Å². The van der Waals surface area contributed by atoms with Gasteiger partial charge in [0.25, 0.3) is 5.56 Å². The highest BCUT2D eigenvalue weighted by Crippen LogP contribution is 2.25. The standard InChI is InChI=1S/C23H27N5O2S/c1-3-26-11-13-27(14-12-26)21(29)17(2)31-23-25-20-9-5-4-8-19(20)22(30)28(23)16-18-7-6-10-24-15-18/h4-10,15,17H,3,11-14,16H2,1-2H3. The summed E-state index contributed by atoms with van der Waals surface area (Å²) in [7, 11) is 0. The molecule has 162 valence electrons. The van der Waals surface area contributed by atoms with Crippen LogP contribution in [0.1, 0.15) is 19.4 Å². The quantitative estimate of drug-likeness (QED) is 0.436. The molecule has 7 nitrogen and oxygen atoms in total. The van der Waals surface area contributed by atoms with E-state index in [2.05, 4.69) is 16.8 Å². The predicted molar refractivity (Wildman–Crippen MR) is 123 cm³/mol. The monoisotopic (exact) mass is 437 g/mol. The van der Waals surface area contributed by atoms with Crippen LogP contribution in [0.5, 0.6) is 0 Å². The van der Waals surface area contributed by atoms with Gasteiger partial charge in [0.2, 0.25) is 5.91 Å². The van der Waals surface area contributed by atoms with E-state index < -0.39 is 0 Å². The Hall–Kier alpha value is -2.71. The molecule has 0 aliphatic carbocycles. The molecule has 1 unspecified atom stereocenters. The highest BCUT2D eigenvalue weighted by atomic mass is 32.2. The second-order valence-corrected chi connectivity index (χ2v) is 8.99. The molecule has 1 fully saturated rings. The summed E-state index contributed by atoms with van der Waals surface area (Å²) in [6.45, 7) is 8.70. The van der Waals surface area contributed by atoms with Crippen molar-refractivity contribution in [2.45, 2.75) is 30.8 Å². The minimum absolute atomic E-state index is 0.0936. The van der Waals surface area contributed by atoms with Crippen LogP contribution in [0.3, 0.4) is 0 Å². The molecule has 1 aliphatic rings. The molecule has 0 bridgehead atoms. The van der Waals surface area contributed by atoms with Crippen LogP contribution in [0.15, 0.2) is 58.7 Å². The van der Waals surface area contributed by atoms with Crippen molar-refractivity contribution in [3.05, 3.63) is 64.7 Å². The minimum Gasteiger partial charge on any atom is -0.339 e. The number of piperazine rings is 1. The number of hydrogen-bond acceptors (Lipinski definition) is 6. The van der Waals surface area contributed by atoms with E-state index in [0.717, 1.165) is 38.3 Å². The second-order valence-electron chi connectivity index (χ2n) is 7.68. The first kappa shape index (κ1) is 21.5. The Kier molecular flexibility index (Phi) is 6.67. The number of amides is 1. The number of benzene rings is 1. The van der Waals surface area contributed by atoms with Crippen LogP contribution in [-0.4, -0.2) is 68.2 Å². The molecular formula is C23H27N5O2S. The summed E-state index contributed by atoms with van der Waals surface area (Å²) in [6, 6.07) is 11.1. The van der Waals surface area contributed by atoms with E-state index in [1.807, 2.05) is 42.2 Å². The molecule has 1 atom stereocenters. The van der Waals surface area contributed by atoms with Gasteiger partial charge in [0.05, 0.1) is 22.7 Å². The van der Waals surface area contributed by atoms with Gasteiger partial charge in [-0.25, -0.2) is 4.98 Å². The smallest absolute Gasteiger partial charge is 0.262 e. The van der Waals surface area contributed by atoms with Gasteiger partial charge in [0.1, 0.15) is 0 Å². The number of nitrogens with zero attached hydrogens (tertiary/aromatic N) is 5. The summed E-state index contributed by atoms with van der Waals surface area (Å²) >= 11 is 1.35. The lowest BCUT2D eigenvalue weighted by molar-refractivity contribution is -0.132. The number of rotatable bonds is 6. The van der Waals surface area contributed by atoms with Crippen molar-refractivity contribution in [2.24, 2.45) is 0 Å². The Labute approximate surface area is 186 Å². The van der Waals surface area contributed by atoms with Crippen molar-refractivity contribution in [1.82, 2.24) is 24.3 Å². The number of carbonyl (C=O) groups is 1. The third-order valence-electron chi connectivity index (χ3n) is 5.65. The van der Waals surface area contributed by atoms with E-state index in [1.54, 1.807) is 23.0 Å². The molecule has 4 rings (SSSR count). The van der Waals surface area contributed by atoms with E-state index in [-0.39, 0.29) is 16.7 Å². The number of likely N-dealkylation sites (N-methyl/N-ethyl adjacent to an activating group) is 1. The molecule has 3 heterocycles. The third-order valence-corrected chi connectivity index (χ3v) is 6.73. The first-order valence-electron chi connectivity index (χ1n) is 10.6. The molecule has 0 radical (unpaired) electrons. The van der Waals surface area contributed by atoms with Crippen molar-refractivity contribution >= 4 is 28.6 Å². The molecule has 1 amide bonds. The summed E-state index contributed by atoms with van der Waals surface area (Å²) in [5, 5.41) is 0.799. The lowest BCUT2D eigenvalue weighted by Crippen LogP contribution is -2.50. The number of carbonyl (C=O) groups excluding carboxylic acids is 1. The fourth-order valence-corrected chi connectivity index (χ4v) is 4.79. The Morgan fingerprint density at radius 1 is 1.13 bits per heavy atom. The van der Waals surface area contributed by atoms with Gasteiger partial charge in [-0.05, 0) is 37.2 Å². The molecule has 1 aliphatic heterocycles. The van der Waals surface area contributed by atoms with Crippen molar-refractivity contribution in [1.29, 1.82) is 0 Å². The molecule has 1 saturated heterocycles. The molecule has 31 heavy (non-hydrogen) atoms. The fourth-order valence-electron chi connectivity index (χ4n) is 3.80. The zero-order chi connectivity index (χ0) is 21.8. The van der Waals surface area contributed by atoms with Gasteiger partial charge in [-0.2, -0.15) is 0 Å². The maximum Gasteiger partial charge on any atom is 0.262 e. The van der Waals surface area contributed by atoms with Crippen LogP contribution in [0.2, 0.25) is 0 Å². The highest BCUT2D eigenvalue weighted by Gasteiger charge is 2.26. The summed E-state index contributed by atoms with van der Waals surface area (Å²) in [5.41, 5.74) is 1.46. The summed E-state index contributed by atoms with van der Waals surface area (Å²) in [4.78, 5) is 39.5. The number of hydrogen-bond donors (Lipinski definition) is 0. The molecule has 0 N–H and O–H groups in total. The van der Waals surface area contributed by atoms with E-state index in [0.29, 0.717) is 22.6 Å². The highest BCUT2D eigenvalue weighted by molar-refractivity contribution is 8.00. The molecular weight excluding hydrogens is 410 g/mol. The zero-order valence-electron chi connectivity index (χ0n) is 17.9. The average Bonchev–Trinajstić information content (AvgIpc) is 2.82. The molecule has 0 spiro atoms. The summed E-state index contributed by atoms with van der Waals surface area (Å²) in [6.07, 6.45) is 3.46. The molecule has 2 aromatic heterocycles. The topological polar surface area (TPSA) is 71.3 Å². The number of para-hydroxylation sites is 1. The van der Waals surface area contributed by atoms with E-state index in [4.69, 9.17) is 4.98 Å². The van der Waals surface area contributed by atoms with Crippen LogP contribution in [0.4, 0.5) is 0 Å². The van der Waals surface area contributed by atoms with Crippen molar-refractivity contribution < 1.29 is 4.79 Å². The van der Waals surface area contributed by atoms with Gasteiger partial charge >= 0.3 is 0 Å². The maximum atomic E-state index is 13.3. The second kappa shape index (κ2) is 9.62. The van der Waals surface area contributed by atoms with Gasteiger partial charge in [0.15, 0.2) is 5.16 Å². The van der Waals surface area contributed by atoms with E-state index in [1.165, 1.54) is 11.8 Å². The fraction of sp³-hybridized carbons (Fsp3) is 0.391. The first-order valence-corrected chi connectivity index (χ1v) is 11.5. The average molecular weight is 438 g/mol. The van der Waals surface area contributed by atoms with Crippen molar-refractivity contribution in [3.63, 3.8) is 0 Å². The van der Waals surface area contributed by atoms with Gasteiger partial charge in [-0.1, -0.05) is 36.9 Å². The van der Waals surface area contributed by atoms with Crippen LogP contribution in [0, 0.1) is 0 Å². The van der Waals surface area contributed by atoms with Gasteiger partial charge in [0, 0.05) is 38.6 Å². The van der Waals surface area contributed by atoms with Crippen LogP contribution in [-0.2, 0) is 11.3 Å². The van der Waals surface area contributed by atoms with Crippen LogP contribution in [0.25, 0.3) is 10.9 Å². The molecule has 8 heteroatoms. The summed E-state index contributed by atoms with van der Waals surface area (Å²) < 4.78 is 1.66. The van der Waals surface area contributed by atoms with E-state index in [9.17, 15) is 9.59 Å². The first-order chi connectivity index (χ1) is 15.1. The van der Waals surface area contributed by atoms with Gasteiger partial charge in [-0.3, -0.25) is 19.1 Å². The van der Waals surface area contributed by atoms with Crippen molar-refractivity contribution in [3.8, 4) is 0 Å². The van der Waals surface area contributed by atoms with E-state index >= 15 is 0 Å². The molecule has 3 aromatic rings. The number of aromatic nitrogens is 3. The van der Waals surface area contributed by atoms with Crippen LogP contribution < -0.4 is 5.56 Å². The molecule has 1 aromatic carbocycles. The Balaban J connectivity index is 1.62. The third kappa shape index (κ3) is 4.80. The maximum absolute atomic E-state index is 13.3. The zero-order valence-corrected chi connectivity index (χ0v) is 18.7. The van der Waals surface area contributed by atoms with Crippen LogP contribution >= 0.6 is 11.8 Å². The predicted octanol–water partition coefficient (Wildman–Crippen LogP) is 2.48. The lowest BCUT2D eigenvalue weighted by atomic mass is 10.2. The van der Waals surface area contributed by atoms with Crippen molar-refractivity contribution in [2.75, 3.05) is 32.7 Å². The largest absolute Gasteiger partial charge is 0.339 e. The van der Waals surface area contributed by atoms with Gasteiger partial charge < -0.3 is 9.80 Å². The number of thioether (sulfide) groups is 1. The SMILES string of the molecule is CCN1CCN(C(=O)C(C)Sc2nc3ccccc3c(=O)n2Cc2cccnc2)CC1. The number of fused-ring (bicyclic) bond motifs is 1. The lowest BCUT2D eigenvalue weighted by Gasteiger charge is -2.35.